The van der Waals surface area contributed by atoms with Crippen molar-refractivity contribution in [2.45, 2.75) is 12.1 Å². The molecule has 1 aliphatic heterocycles. The number of hydrogen-bond acceptors (Lipinski definition) is 12. The van der Waals surface area contributed by atoms with Crippen molar-refractivity contribution in [2.75, 3.05) is 54.6 Å². The number of piperazine rings is 1. The topological polar surface area (TPSA) is 144 Å². The van der Waals surface area contributed by atoms with E-state index in [-0.39, 0.29) is 33.8 Å². The van der Waals surface area contributed by atoms with E-state index in [0.717, 1.165) is 0 Å². The smallest absolute Gasteiger partial charge is 0.345 e. The quantitative estimate of drug-likeness (QED) is 0.165. The van der Waals surface area contributed by atoms with Gasteiger partial charge in [-0.05, 0) is 59.7 Å². The predicted octanol–water partition coefficient (Wildman–Crippen LogP) is 5.84. The molecule has 3 heterocycles. The minimum Gasteiger partial charge on any atom is -0.507 e. The molecule has 2 unspecified atom stereocenters. The molecule has 2 atom stereocenters. The van der Waals surface area contributed by atoms with E-state index in [1.54, 1.807) is 87.0 Å². The van der Waals surface area contributed by atoms with E-state index in [0.29, 0.717) is 71.1 Å². The lowest BCUT2D eigenvalue weighted by atomic mass is 9.93. The van der Waals surface area contributed by atoms with Gasteiger partial charge in [-0.1, -0.05) is 36.4 Å². The van der Waals surface area contributed by atoms with E-state index in [2.05, 4.69) is 9.80 Å². The minimum atomic E-state index is -0.749. The largest absolute Gasteiger partial charge is 0.507 e. The Balaban J connectivity index is 1.33. The third kappa shape index (κ3) is 6.05. The lowest BCUT2D eigenvalue weighted by molar-refractivity contribution is 0.0864. The summed E-state index contributed by atoms with van der Waals surface area (Å²) < 4.78 is 33.7. The number of nitrogens with zero attached hydrogens (tertiary/aromatic N) is 2. The summed E-state index contributed by atoms with van der Waals surface area (Å²) in [5.41, 5.74) is 0.738. The molecule has 2 N–H and O–H groups in total. The molecule has 4 aromatic carbocycles. The zero-order chi connectivity index (χ0) is 36.5. The van der Waals surface area contributed by atoms with Gasteiger partial charge >= 0.3 is 11.3 Å². The van der Waals surface area contributed by atoms with Gasteiger partial charge in [-0.15, -0.1) is 0 Å². The number of benzene rings is 4. The molecule has 1 fully saturated rings. The fourth-order valence-electron chi connectivity index (χ4n) is 7.20. The van der Waals surface area contributed by atoms with Gasteiger partial charge in [0.05, 0.1) is 51.3 Å². The van der Waals surface area contributed by atoms with Crippen molar-refractivity contribution < 1.29 is 38.0 Å². The second-order valence-electron chi connectivity index (χ2n) is 12.4. The van der Waals surface area contributed by atoms with E-state index in [4.69, 9.17) is 27.8 Å². The van der Waals surface area contributed by atoms with Crippen molar-refractivity contribution in [2.24, 2.45) is 0 Å². The first kappa shape index (κ1) is 34.5. The number of para-hydroxylation sites is 2. The van der Waals surface area contributed by atoms with E-state index < -0.39 is 23.3 Å². The number of ether oxygens (including phenoxy) is 4. The third-order valence-electron chi connectivity index (χ3n) is 9.71. The predicted molar refractivity (Wildman–Crippen MR) is 194 cm³/mol. The van der Waals surface area contributed by atoms with Gasteiger partial charge in [0.2, 0.25) is 0 Å². The molecule has 1 aliphatic rings. The Morgan fingerprint density at radius 3 is 1.27 bits per heavy atom. The van der Waals surface area contributed by atoms with Crippen molar-refractivity contribution in [1.82, 2.24) is 9.80 Å². The second kappa shape index (κ2) is 14.3. The summed E-state index contributed by atoms with van der Waals surface area (Å²) in [5, 5.41) is 24.1. The van der Waals surface area contributed by atoms with Crippen LogP contribution in [0.25, 0.3) is 21.9 Å². The Hall–Kier alpha value is -5.98. The normalized spacial score (nSPS) is 15.0. The molecular weight excluding hydrogens is 668 g/mol. The highest BCUT2D eigenvalue weighted by molar-refractivity contribution is 5.85. The van der Waals surface area contributed by atoms with Crippen LogP contribution in [-0.4, -0.2) is 74.6 Å². The van der Waals surface area contributed by atoms with Crippen LogP contribution >= 0.6 is 0 Å². The van der Waals surface area contributed by atoms with Gasteiger partial charge in [-0.3, -0.25) is 9.80 Å². The molecule has 12 nitrogen and oxygen atoms in total. The molecule has 2 aromatic heterocycles. The van der Waals surface area contributed by atoms with Crippen LogP contribution in [0, 0.1) is 0 Å². The van der Waals surface area contributed by atoms with Gasteiger partial charge in [0.1, 0.15) is 33.8 Å². The standard InChI is InChI=1S/C40H38N2O10/c1-47-29-15-13-23(21-31(29)49-3)35(33-37(43)25-9-5-7-11-27(25)51-39(33)45)41-17-19-42(20-18-41)36(24-14-16-30(48-2)32(22-24)50-4)34-38(44)26-10-6-8-12-28(26)52-40(34)46/h5-16,21-22,35-36,43-44H,17-20H2,1-4H3. The molecule has 52 heavy (non-hydrogen) atoms. The summed E-state index contributed by atoms with van der Waals surface area (Å²) >= 11 is 0. The Labute approximate surface area is 298 Å². The third-order valence-corrected chi connectivity index (χ3v) is 9.71. The second-order valence-corrected chi connectivity index (χ2v) is 12.4. The number of aromatic hydroxyl groups is 2. The monoisotopic (exact) mass is 706 g/mol. The van der Waals surface area contributed by atoms with Crippen LogP contribution < -0.4 is 30.2 Å². The SMILES string of the molecule is COc1ccc(C(c2c(O)c3ccccc3oc2=O)N2CCN(C(c3ccc(OC)c(OC)c3)c3c(O)c4ccccc4oc3=O)CC2)cc1OC. The fraction of sp³-hybridized carbons (Fsp3) is 0.250. The van der Waals surface area contributed by atoms with Crippen LogP contribution in [0.15, 0.2) is 103 Å². The molecule has 268 valence electrons. The fourth-order valence-corrected chi connectivity index (χ4v) is 7.20. The van der Waals surface area contributed by atoms with E-state index in [9.17, 15) is 19.8 Å². The molecule has 12 heteroatoms. The van der Waals surface area contributed by atoms with Gasteiger partial charge in [-0.2, -0.15) is 0 Å². The molecule has 0 saturated carbocycles. The molecule has 0 amide bonds. The molecular formula is C40H38N2O10. The van der Waals surface area contributed by atoms with Crippen LogP contribution in [0.4, 0.5) is 0 Å². The lowest BCUT2D eigenvalue weighted by Crippen LogP contribution is -2.50. The maximum atomic E-state index is 13.7. The molecule has 0 bridgehead atoms. The van der Waals surface area contributed by atoms with Crippen molar-refractivity contribution in [3.05, 3.63) is 128 Å². The molecule has 0 spiro atoms. The van der Waals surface area contributed by atoms with Gasteiger partial charge < -0.3 is 38.0 Å². The number of rotatable bonds is 10. The van der Waals surface area contributed by atoms with Gasteiger partial charge in [0, 0.05) is 26.2 Å². The van der Waals surface area contributed by atoms with E-state index in [1.165, 1.54) is 14.2 Å². The molecule has 6 aromatic rings. The van der Waals surface area contributed by atoms with E-state index in [1.807, 2.05) is 12.1 Å². The minimum absolute atomic E-state index is 0.0867. The van der Waals surface area contributed by atoms with Crippen LogP contribution in [0.1, 0.15) is 34.3 Å². The maximum absolute atomic E-state index is 13.7. The van der Waals surface area contributed by atoms with Crippen molar-refractivity contribution >= 4 is 21.9 Å². The maximum Gasteiger partial charge on any atom is 0.345 e. The first-order chi connectivity index (χ1) is 25.3. The Morgan fingerprint density at radius 1 is 0.538 bits per heavy atom. The first-order valence-electron chi connectivity index (χ1n) is 16.7. The van der Waals surface area contributed by atoms with Gasteiger partial charge in [0.25, 0.3) is 0 Å². The summed E-state index contributed by atoms with van der Waals surface area (Å²) in [6.45, 7) is 1.53. The molecule has 0 aliphatic carbocycles. The Bertz CT molecular complexity index is 2210. The average molecular weight is 707 g/mol. The Morgan fingerprint density at radius 2 is 0.904 bits per heavy atom. The van der Waals surface area contributed by atoms with Crippen LogP contribution in [0.5, 0.6) is 34.5 Å². The highest BCUT2D eigenvalue weighted by Crippen LogP contribution is 2.43. The number of hydrogen-bond donors (Lipinski definition) is 2. The zero-order valence-electron chi connectivity index (χ0n) is 29.1. The average Bonchev–Trinajstić information content (AvgIpc) is 3.17. The van der Waals surface area contributed by atoms with Crippen LogP contribution in [-0.2, 0) is 0 Å². The summed E-state index contributed by atoms with van der Waals surface area (Å²) in [5.74, 6) is 1.60. The van der Waals surface area contributed by atoms with Gasteiger partial charge in [-0.25, -0.2) is 9.59 Å². The van der Waals surface area contributed by atoms with Crippen molar-refractivity contribution in [1.29, 1.82) is 0 Å². The highest BCUT2D eigenvalue weighted by Gasteiger charge is 2.37. The van der Waals surface area contributed by atoms with Crippen molar-refractivity contribution in [3.63, 3.8) is 0 Å². The zero-order valence-corrected chi connectivity index (χ0v) is 29.1. The first-order valence-corrected chi connectivity index (χ1v) is 16.7. The lowest BCUT2D eigenvalue weighted by Gasteiger charge is -2.42. The summed E-state index contributed by atoms with van der Waals surface area (Å²) in [6.07, 6.45) is 0. The summed E-state index contributed by atoms with van der Waals surface area (Å²) in [7, 11) is 6.15. The number of methoxy groups -OCH3 is 4. The van der Waals surface area contributed by atoms with Crippen LogP contribution in [0.3, 0.4) is 0 Å². The summed E-state index contributed by atoms with van der Waals surface area (Å²) in [6, 6.07) is 22.9. The number of fused-ring (bicyclic) bond motifs is 2. The highest BCUT2D eigenvalue weighted by atomic mass is 16.5. The molecule has 1 saturated heterocycles. The molecule has 7 rings (SSSR count). The Kier molecular flexibility index (Phi) is 9.50. The van der Waals surface area contributed by atoms with Crippen LogP contribution in [0.2, 0.25) is 0 Å². The molecule has 0 radical (unpaired) electrons. The van der Waals surface area contributed by atoms with E-state index >= 15 is 0 Å². The van der Waals surface area contributed by atoms with Crippen molar-refractivity contribution in [3.8, 4) is 34.5 Å². The summed E-state index contributed by atoms with van der Waals surface area (Å²) in [4.78, 5) is 31.6. The van der Waals surface area contributed by atoms with Gasteiger partial charge in [0.15, 0.2) is 23.0 Å².